The van der Waals surface area contributed by atoms with Crippen molar-refractivity contribution in [3.63, 3.8) is 0 Å². The van der Waals surface area contributed by atoms with Crippen molar-refractivity contribution in [1.29, 1.82) is 5.26 Å². The molecular weight excluding hydrogens is 293 g/mol. The second-order valence-corrected chi connectivity index (χ2v) is 5.05. The fourth-order valence-electron chi connectivity index (χ4n) is 1.60. The molecule has 2 aromatic rings. The number of rotatable bonds is 5. The zero-order chi connectivity index (χ0) is 15.2. The van der Waals surface area contributed by atoms with E-state index in [0.29, 0.717) is 10.8 Å². The van der Waals surface area contributed by atoms with Crippen LogP contribution in [-0.2, 0) is 9.53 Å². The van der Waals surface area contributed by atoms with Crippen molar-refractivity contribution >= 4 is 17.7 Å². The average molecular weight is 305 g/mol. The topological polar surface area (TPSA) is 67.9 Å². The minimum atomic E-state index is -0.777. The van der Waals surface area contributed by atoms with Crippen LogP contribution in [0.3, 0.4) is 0 Å². The largest absolute Gasteiger partial charge is 0.447 e. The number of carbonyl (C=O) groups is 1. The maximum Gasteiger partial charge on any atom is 0.317 e. The molecule has 1 heterocycles. The van der Waals surface area contributed by atoms with E-state index in [0.717, 1.165) is 11.8 Å². The Kier molecular flexibility index (Phi) is 4.95. The number of aromatic nitrogens is 2. The summed E-state index contributed by atoms with van der Waals surface area (Å²) in [6.07, 6.45) is 2.47. The van der Waals surface area contributed by atoms with E-state index in [2.05, 4.69) is 4.98 Å². The SMILES string of the molecule is C[C@@H](C#N)OC(=O)CSc1nccn1-c1cccc(F)c1. The summed E-state index contributed by atoms with van der Waals surface area (Å²) in [6.45, 7) is 1.50. The van der Waals surface area contributed by atoms with Crippen molar-refractivity contribution in [3.8, 4) is 11.8 Å². The summed E-state index contributed by atoms with van der Waals surface area (Å²) in [7, 11) is 0. The molecular formula is C14H12FN3O2S. The molecule has 7 heteroatoms. The van der Waals surface area contributed by atoms with E-state index >= 15 is 0 Å². The zero-order valence-electron chi connectivity index (χ0n) is 11.2. The molecule has 108 valence electrons. The highest BCUT2D eigenvalue weighted by Gasteiger charge is 2.12. The van der Waals surface area contributed by atoms with Crippen LogP contribution >= 0.6 is 11.8 Å². The van der Waals surface area contributed by atoms with Gasteiger partial charge in [-0.2, -0.15) is 5.26 Å². The van der Waals surface area contributed by atoms with Gasteiger partial charge < -0.3 is 4.74 Å². The first-order valence-electron chi connectivity index (χ1n) is 6.11. The highest BCUT2D eigenvalue weighted by molar-refractivity contribution is 7.99. The van der Waals surface area contributed by atoms with Crippen LogP contribution in [0, 0.1) is 17.1 Å². The van der Waals surface area contributed by atoms with Crippen LogP contribution in [-0.4, -0.2) is 27.4 Å². The fourth-order valence-corrected chi connectivity index (χ4v) is 2.36. The van der Waals surface area contributed by atoms with E-state index < -0.39 is 12.1 Å². The van der Waals surface area contributed by atoms with Gasteiger partial charge in [-0.15, -0.1) is 0 Å². The molecule has 1 aromatic carbocycles. The van der Waals surface area contributed by atoms with Gasteiger partial charge in [0.1, 0.15) is 11.9 Å². The van der Waals surface area contributed by atoms with Gasteiger partial charge in [0.15, 0.2) is 11.3 Å². The first-order valence-corrected chi connectivity index (χ1v) is 7.10. The molecule has 0 saturated carbocycles. The van der Waals surface area contributed by atoms with Crippen LogP contribution in [0.2, 0.25) is 0 Å². The quantitative estimate of drug-likeness (QED) is 0.627. The summed E-state index contributed by atoms with van der Waals surface area (Å²) >= 11 is 1.16. The third-order valence-corrected chi connectivity index (χ3v) is 3.44. The summed E-state index contributed by atoms with van der Waals surface area (Å²) in [6, 6.07) is 7.89. The number of hydrogen-bond acceptors (Lipinski definition) is 5. The van der Waals surface area contributed by atoms with Gasteiger partial charge in [-0.3, -0.25) is 9.36 Å². The average Bonchev–Trinajstić information content (AvgIpc) is 2.93. The molecule has 0 aliphatic heterocycles. The van der Waals surface area contributed by atoms with Gasteiger partial charge in [0, 0.05) is 12.4 Å². The Bertz CT molecular complexity index is 681. The lowest BCUT2D eigenvalue weighted by Gasteiger charge is -2.08. The number of thioether (sulfide) groups is 1. The maximum atomic E-state index is 13.2. The second kappa shape index (κ2) is 6.90. The summed E-state index contributed by atoms with van der Waals surface area (Å²) in [5.74, 6) is -0.819. The second-order valence-electron chi connectivity index (χ2n) is 4.11. The molecule has 1 atom stereocenters. The van der Waals surface area contributed by atoms with Crippen LogP contribution in [0.15, 0.2) is 41.8 Å². The van der Waals surface area contributed by atoms with Crippen molar-refractivity contribution < 1.29 is 13.9 Å². The number of nitrogens with zero attached hydrogens (tertiary/aromatic N) is 3. The van der Waals surface area contributed by atoms with Crippen molar-refractivity contribution in [1.82, 2.24) is 9.55 Å². The number of hydrogen-bond donors (Lipinski definition) is 0. The monoisotopic (exact) mass is 305 g/mol. The maximum absolute atomic E-state index is 13.2. The van der Waals surface area contributed by atoms with Crippen LogP contribution in [0.1, 0.15) is 6.92 Å². The Hall–Kier alpha value is -2.33. The lowest BCUT2D eigenvalue weighted by Crippen LogP contribution is -2.15. The molecule has 0 aliphatic rings. The first kappa shape index (κ1) is 15.1. The van der Waals surface area contributed by atoms with Gasteiger partial charge in [0.25, 0.3) is 0 Å². The summed E-state index contributed by atoms with van der Waals surface area (Å²) < 4.78 is 19.8. The lowest BCUT2D eigenvalue weighted by atomic mass is 10.3. The van der Waals surface area contributed by atoms with Gasteiger partial charge in [0.2, 0.25) is 0 Å². The van der Waals surface area contributed by atoms with Gasteiger partial charge in [-0.25, -0.2) is 9.37 Å². The molecule has 0 fully saturated rings. The molecule has 0 N–H and O–H groups in total. The molecule has 1 aromatic heterocycles. The highest BCUT2D eigenvalue weighted by Crippen LogP contribution is 2.21. The molecule has 21 heavy (non-hydrogen) atoms. The minimum Gasteiger partial charge on any atom is -0.447 e. The molecule has 0 unspecified atom stereocenters. The van der Waals surface area contributed by atoms with Crippen molar-refractivity contribution in [2.45, 2.75) is 18.2 Å². The number of halogens is 1. The lowest BCUT2D eigenvalue weighted by molar-refractivity contribution is -0.142. The molecule has 5 nitrogen and oxygen atoms in total. The Balaban J connectivity index is 2.05. The smallest absolute Gasteiger partial charge is 0.317 e. The standard InChI is InChI=1S/C14H12FN3O2S/c1-10(8-16)20-13(19)9-21-14-17-5-6-18(14)12-4-2-3-11(15)7-12/h2-7,10H,9H2,1H3/t10-/m0/s1. The minimum absolute atomic E-state index is 0.0261. The molecule has 2 rings (SSSR count). The number of nitriles is 1. The summed E-state index contributed by atoms with van der Waals surface area (Å²) in [4.78, 5) is 15.6. The molecule has 0 saturated heterocycles. The normalized spacial score (nSPS) is 11.7. The molecule has 0 radical (unpaired) electrons. The third kappa shape index (κ3) is 4.07. The van der Waals surface area contributed by atoms with Crippen LogP contribution < -0.4 is 0 Å². The Morgan fingerprint density at radius 3 is 3.14 bits per heavy atom. The molecule has 0 amide bonds. The third-order valence-electron chi connectivity index (χ3n) is 2.50. The zero-order valence-corrected chi connectivity index (χ0v) is 12.0. The van der Waals surface area contributed by atoms with E-state index in [4.69, 9.17) is 10.00 Å². The van der Waals surface area contributed by atoms with Crippen LogP contribution in [0.4, 0.5) is 4.39 Å². The molecule has 0 spiro atoms. The van der Waals surface area contributed by atoms with Gasteiger partial charge >= 0.3 is 5.97 Å². The van der Waals surface area contributed by atoms with Crippen LogP contribution in [0.25, 0.3) is 5.69 Å². The van der Waals surface area contributed by atoms with Crippen molar-refractivity contribution in [2.24, 2.45) is 0 Å². The van der Waals surface area contributed by atoms with E-state index in [9.17, 15) is 9.18 Å². The summed E-state index contributed by atoms with van der Waals surface area (Å²) in [5.41, 5.74) is 0.619. The van der Waals surface area contributed by atoms with Gasteiger partial charge in [-0.1, -0.05) is 17.8 Å². The van der Waals surface area contributed by atoms with E-state index in [1.165, 1.54) is 19.1 Å². The number of ether oxygens (including phenoxy) is 1. The number of esters is 1. The van der Waals surface area contributed by atoms with Crippen LogP contribution in [0.5, 0.6) is 0 Å². The van der Waals surface area contributed by atoms with E-state index in [1.54, 1.807) is 29.1 Å². The number of imidazole rings is 1. The number of benzene rings is 1. The van der Waals surface area contributed by atoms with Gasteiger partial charge in [-0.05, 0) is 25.1 Å². The van der Waals surface area contributed by atoms with E-state index in [-0.39, 0.29) is 11.6 Å². The Morgan fingerprint density at radius 1 is 1.62 bits per heavy atom. The predicted octanol–water partition coefficient (Wildman–Crippen LogP) is 2.56. The molecule has 0 aliphatic carbocycles. The molecule has 0 bridgehead atoms. The van der Waals surface area contributed by atoms with Crippen molar-refractivity contribution in [3.05, 3.63) is 42.5 Å². The highest BCUT2D eigenvalue weighted by atomic mass is 32.2. The van der Waals surface area contributed by atoms with E-state index in [1.807, 2.05) is 6.07 Å². The van der Waals surface area contributed by atoms with Crippen molar-refractivity contribution in [2.75, 3.05) is 5.75 Å². The number of carbonyl (C=O) groups excluding carboxylic acids is 1. The summed E-state index contributed by atoms with van der Waals surface area (Å²) in [5, 5.41) is 9.11. The van der Waals surface area contributed by atoms with Gasteiger partial charge in [0.05, 0.1) is 11.4 Å². The fraction of sp³-hybridized carbons (Fsp3) is 0.214. The Morgan fingerprint density at radius 2 is 2.43 bits per heavy atom. The first-order chi connectivity index (χ1) is 10.1. The Labute approximate surface area is 125 Å². The predicted molar refractivity (Wildman–Crippen MR) is 75.4 cm³/mol.